The molecule has 3 heterocycles. The molecule has 0 bridgehead atoms. The van der Waals surface area contributed by atoms with Gasteiger partial charge in [-0.1, -0.05) is 0 Å². The predicted molar refractivity (Wildman–Crippen MR) is 108 cm³/mol. The summed E-state index contributed by atoms with van der Waals surface area (Å²) >= 11 is 0. The molecule has 1 aromatic carbocycles. The molecule has 3 aromatic rings. The molecular formula is C20H21FN6O2. The van der Waals surface area contributed by atoms with E-state index in [1.54, 1.807) is 17.0 Å². The molecule has 2 aromatic heterocycles. The fourth-order valence-electron chi connectivity index (χ4n) is 3.40. The highest BCUT2D eigenvalue weighted by Crippen LogP contribution is 2.27. The average Bonchev–Trinajstić information content (AvgIpc) is 2.74. The molecule has 1 saturated heterocycles. The lowest BCUT2D eigenvalue weighted by atomic mass is 10.1. The third kappa shape index (κ3) is 3.95. The number of nitrogens with zero attached hydrogens (tertiary/aromatic N) is 5. The summed E-state index contributed by atoms with van der Waals surface area (Å²) in [5, 5.41) is 0. The number of hydrogen-bond acceptors (Lipinski definition) is 7. The fraction of sp³-hybridized carbons (Fsp3) is 0.300. The van der Waals surface area contributed by atoms with Gasteiger partial charge in [-0.05, 0) is 36.4 Å². The van der Waals surface area contributed by atoms with Crippen molar-refractivity contribution in [1.29, 1.82) is 0 Å². The highest BCUT2D eigenvalue weighted by molar-refractivity contribution is 5.89. The van der Waals surface area contributed by atoms with Crippen molar-refractivity contribution in [2.24, 2.45) is 0 Å². The van der Waals surface area contributed by atoms with E-state index in [0.29, 0.717) is 48.7 Å². The number of methoxy groups -OCH3 is 1. The quantitative estimate of drug-likeness (QED) is 0.717. The van der Waals surface area contributed by atoms with Crippen molar-refractivity contribution in [3.05, 3.63) is 42.2 Å². The van der Waals surface area contributed by atoms with E-state index in [1.807, 2.05) is 12.1 Å². The lowest BCUT2D eigenvalue weighted by Gasteiger charge is -2.35. The SMILES string of the molecule is COCC(=O)N1CCN(c2nc(N)nc3ccc(-c4ccc(F)cc4)nc23)CC1. The van der Waals surface area contributed by atoms with Gasteiger partial charge in [-0.15, -0.1) is 0 Å². The van der Waals surface area contributed by atoms with E-state index in [1.165, 1.54) is 19.2 Å². The summed E-state index contributed by atoms with van der Waals surface area (Å²) in [6.45, 7) is 2.40. The van der Waals surface area contributed by atoms with E-state index in [-0.39, 0.29) is 24.3 Å². The predicted octanol–water partition coefficient (Wildman–Crippen LogP) is 1.71. The fourth-order valence-corrected chi connectivity index (χ4v) is 3.40. The lowest BCUT2D eigenvalue weighted by Crippen LogP contribution is -2.50. The molecule has 29 heavy (non-hydrogen) atoms. The number of ether oxygens (including phenoxy) is 1. The van der Waals surface area contributed by atoms with Crippen LogP contribution in [-0.2, 0) is 9.53 Å². The number of aromatic nitrogens is 3. The summed E-state index contributed by atoms with van der Waals surface area (Å²) in [5.74, 6) is 0.472. The number of pyridine rings is 1. The standard InChI is InChI=1S/C20H21FN6O2/c1-29-12-17(28)26-8-10-27(11-9-26)19-18-16(24-20(22)25-19)7-6-15(23-18)13-2-4-14(21)5-3-13/h2-7H,8-12H2,1H3,(H2,22,24,25). The Morgan fingerprint density at radius 2 is 1.79 bits per heavy atom. The van der Waals surface area contributed by atoms with E-state index < -0.39 is 0 Å². The van der Waals surface area contributed by atoms with Crippen LogP contribution in [0.25, 0.3) is 22.3 Å². The number of halogens is 1. The van der Waals surface area contributed by atoms with Crippen LogP contribution in [0.15, 0.2) is 36.4 Å². The van der Waals surface area contributed by atoms with Gasteiger partial charge in [0, 0.05) is 38.9 Å². The summed E-state index contributed by atoms with van der Waals surface area (Å²) in [6.07, 6.45) is 0. The Bertz CT molecular complexity index is 1040. The van der Waals surface area contributed by atoms with Crippen LogP contribution in [0, 0.1) is 5.82 Å². The first-order valence-electron chi connectivity index (χ1n) is 9.27. The first-order chi connectivity index (χ1) is 14.0. The van der Waals surface area contributed by atoms with Gasteiger partial charge in [0.15, 0.2) is 5.82 Å². The van der Waals surface area contributed by atoms with Crippen molar-refractivity contribution in [3.8, 4) is 11.3 Å². The van der Waals surface area contributed by atoms with Gasteiger partial charge in [-0.25, -0.2) is 14.4 Å². The van der Waals surface area contributed by atoms with Crippen molar-refractivity contribution in [1.82, 2.24) is 19.9 Å². The summed E-state index contributed by atoms with van der Waals surface area (Å²) in [6, 6.07) is 9.83. The van der Waals surface area contributed by atoms with Crippen LogP contribution < -0.4 is 10.6 Å². The molecule has 0 aliphatic carbocycles. The zero-order valence-corrected chi connectivity index (χ0v) is 16.0. The third-order valence-electron chi connectivity index (χ3n) is 4.88. The van der Waals surface area contributed by atoms with E-state index in [9.17, 15) is 9.18 Å². The van der Waals surface area contributed by atoms with Gasteiger partial charge in [-0.2, -0.15) is 4.98 Å². The molecule has 0 saturated carbocycles. The summed E-state index contributed by atoms with van der Waals surface area (Å²) < 4.78 is 18.2. The minimum atomic E-state index is -0.299. The minimum Gasteiger partial charge on any atom is -0.375 e. The smallest absolute Gasteiger partial charge is 0.248 e. The second-order valence-corrected chi connectivity index (χ2v) is 6.78. The highest BCUT2D eigenvalue weighted by atomic mass is 19.1. The number of nitrogens with two attached hydrogens (primary N) is 1. The van der Waals surface area contributed by atoms with Gasteiger partial charge in [0.1, 0.15) is 17.9 Å². The zero-order valence-electron chi connectivity index (χ0n) is 16.0. The second kappa shape index (κ2) is 7.96. The van der Waals surface area contributed by atoms with Gasteiger partial charge in [-0.3, -0.25) is 4.79 Å². The number of benzene rings is 1. The van der Waals surface area contributed by atoms with E-state index in [2.05, 4.69) is 14.9 Å². The van der Waals surface area contributed by atoms with Gasteiger partial charge >= 0.3 is 0 Å². The van der Waals surface area contributed by atoms with Crippen LogP contribution in [0.2, 0.25) is 0 Å². The number of carbonyl (C=O) groups is 1. The Morgan fingerprint density at radius 3 is 2.48 bits per heavy atom. The molecule has 4 rings (SSSR count). The maximum Gasteiger partial charge on any atom is 0.248 e. The van der Waals surface area contributed by atoms with Crippen LogP contribution in [0.5, 0.6) is 0 Å². The Kier molecular flexibility index (Phi) is 5.22. The van der Waals surface area contributed by atoms with Crippen molar-refractivity contribution in [3.63, 3.8) is 0 Å². The molecule has 2 N–H and O–H groups in total. The highest BCUT2D eigenvalue weighted by Gasteiger charge is 2.24. The zero-order chi connectivity index (χ0) is 20.4. The Labute approximate surface area is 167 Å². The summed E-state index contributed by atoms with van der Waals surface area (Å²) in [5.41, 5.74) is 8.66. The van der Waals surface area contributed by atoms with Crippen LogP contribution in [0.1, 0.15) is 0 Å². The molecule has 1 amide bonds. The van der Waals surface area contributed by atoms with Crippen LogP contribution in [-0.4, -0.2) is 65.7 Å². The molecule has 1 fully saturated rings. The molecule has 0 atom stereocenters. The van der Waals surface area contributed by atoms with Crippen LogP contribution >= 0.6 is 0 Å². The van der Waals surface area contributed by atoms with E-state index >= 15 is 0 Å². The van der Waals surface area contributed by atoms with Gasteiger partial charge in [0.2, 0.25) is 11.9 Å². The number of carbonyl (C=O) groups excluding carboxylic acids is 1. The lowest BCUT2D eigenvalue weighted by molar-refractivity contribution is -0.135. The average molecular weight is 396 g/mol. The normalized spacial score (nSPS) is 14.4. The summed E-state index contributed by atoms with van der Waals surface area (Å²) in [7, 11) is 1.51. The van der Waals surface area contributed by atoms with E-state index in [0.717, 1.165) is 5.56 Å². The number of amides is 1. The monoisotopic (exact) mass is 396 g/mol. The van der Waals surface area contributed by atoms with Crippen molar-refractivity contribution >= 4 is 28.7 Å². The van der Waals surface area contributed by atoms with Gasteiger partial charge < -0.3 is 20.3 Å². The number of hydrogen-bond donors (Lipinski definition) is 1. The maximum atomic E-state index is 13.2. The molecule has 150 valence electrons. The van der Waals surface area contributed by atoms with Gasteiger partial charge in [0.25, 0.3) is 0 Å². The first kappa shape index (κ1) is 19.0. The third-order valence-corrected chi connectivity index (χ3v) is 4.88. The molecule has 1 aliphatic rings. The Balaban J connectivity index is 1.66. The largest absolute Gasteiger partial charge is 0.375 e. The minimum absolute atomic E-state index is 0.0315. The molecule has 0 radical (unpaired) electrons. The second-order valence-electron chi connectivity index (χ2n) is 6.78. The molecule has 0 unspecified atom stereocenters. The maximum absolute atomic E-state index is 13.2. The molecule has 9 heteroatoms. The van der Waals surface area contributed by atoms with Crippen LogP contribution in [0.4, 0.5) is 16.2 Å². The van der Waals surface area contributed by atoms with Crippen molar-refractivity contribution < 1.29 is 13.9 Å². The molecular weight excluding hydrogens is 375 g/mol. The first-order valence-corrected chi connectivity index (χ1v) is 9.27. The van der Waals surface area contributed by atoms with Gasteiger partial charge in [0.05, 0.1) is 11.2 Å². The number of anilines is 2. The molecule has 1 aliphatic heterocycles. The van der Waals surface area contributed by atoms with Crippen molar-refractivity contribution in [2.45, 2.75) is 0 Å². The number of fused-ring (bicyclic) bond motifs is 1. The van der Waals surface area contributed by atoms with E-state index in [4.69, 9.17) is 15.5 Å². The van der Waals surface area contributed by atoms with Crippen molar-refractivity contribution in [2.75, 3.05) is 50.5 Å². The topological polar surface area (TPSA) is 97.5 Å². The summed E-state index contributed by atoms with van der Waals surface area (Å²) in [4.78, 5) is 29.3. The number of rotatable bonds is 4. The molecule has 0 spiro atoms. The molecule has 8 nitrogen and oxygen atoms in total. The Hall–Kier alpha value is -3.33. The van der Waals surface area contributed by atoms with Crippen LogP contribution in [0.3, 0.4) is 0 Å². The number of piperazine rings is 1. The number of nitrogen functional groups attached to an aromatic ring is 1. The Morgan fingerprint density at radius 1 is 1.07 bits per heavy atom.